The number of alkyl halides is 6. The van der Waals surface area contributed by atoms with Crippen LogP contribution in [-0.2, 0) is 8.23 Å². The van der Waals surface area contributed by atoms with E-state index in [1.807, 2.05) is 0 Å². The Hall–Kier alpha value is 0.151. The van der Waals surface area contributed by atoms with E-state index in [4.69, 9.17) is 4.12 Å². The maximum atomic E-state index is 12.7. The number of hydrogen-bond acceptors (Lipinski definition) is 2. The Bertz CT molecular complexity index is 260. The summed E-state index contributed by atoms with van der Waals surface area (Å²) in [5, 5.41) is 0. The van der Waals surface area contributed by atoms with Crippen molar-refractivity contribution in [2.45, 2.75) is 37.8 Å². The molecule has 1 unspecified atom stereocenters. The summed E-state index contributed by atoms with van der Waals surface area (Å²) in [6, 6.07) is 0. The molecule has 1 atom stereocenters. The Morgan fingerprint density at radius 2 is 1.29 bits per heavy atom. The smallest absolute Gasteiger partial charge is 0.431 e. The molecule has 0 rings (SSSR count). The van der Waals surface area contributed by atoms with Gasteiger partial charge in [0.25, 0.3) is 9.76 Å². The van der Waals surface area contributed by atoms with Crippen molar-refractivity contribution in [3.8, 4) is 0 Å². The SMILES string of the molecule is C[Si](C)(C)O[Si](C)(O[SiH2]C(F)(F)F)C(F)(F)F. The Morgan fingerprint density at radius 1 is 0.882 bits per heavy atom. The van der Waals surface area contributed by atoms with Crippen molar-refractivity contribution in [1.82, 2.24) is 0 Å². The molecule has 0 saturated carbocycles. The van der Waals surface area contributed by atoms with E-state index < -0.39 is 38.2 Å². The minimum absolute atomic E-state index is 0.629. The molecule has 0 spiro atoms. The first-order valence-electron chi connectivity index (χ1n) is 4.64. The lowest BCUT2D eigenvalue weighted by Gasteiger charge is -2.35. The third-order valence-corrected chi connectivity index (χ3v) is 9.67. The molecule has 0 saturated heterocycles. The van der Waals surface area contributed by atoms with Gasteiger partial charge < -0.3 is 8.23 Å². The summed E-state index contributed by atoms with van der Waals surface area (Å²) in [4.78, 5) is 0. The molecular formula is C6H14F6O2Si3. The van der Waals surface area contributed by atoms with E-state index in [0.717, 1.165) is 0 Å². The van der Waals surface area contributed by atoms with Crippen molar-refractivity contribution in [2.24, 2.45) is 0 Å². The quantitative estimate of drug-likeness (QED) is 0.586. The van der Waals surface area contributed by atoms with Crippen LogP contribution >= 0.6 is 0 Å². The average Bonchev–Trinajstić information content (AvgIpc) is 1.94. The van der Waals surface area contributed by atoms with Crippen LogP contribution in [-0.4, -0.2) is 38.2 Å². The second kappa shape index (κ2) is 5.03. The second-order valence-electron chi connectivity index (χ2n) is 4.56. The van der Waals surface area contributed by atoms with E-state index in [0.29, 0.717) is 6.55 Å². The van der Waals surface area contributed by atoms with Crippen LogP contribution in [0.5, 0.6) is 0 Å². The van der Waals surface area contributed by atoms with Crippen molar-refractivity contribution in [3.63, 3.8) is 0 Å². The maximum Gasteiger partial charge on any atom is 0.434 e. The van der Waals surface area contributed by atoms with Crippen LogP contribution in [0.15, 0.2) is 0 Å². The predicted molar refractivity (Wildman–Crippen MR) is 57.8 cm³/mol. The second-order valence-corrected chi connectivity index (χ2v) is 14.3. The molecule has 0 aliphatic heterocycles. The molecule has 11 heteroatoms. The minimum atomic E-state index is -4.86. The van der Waals surface area contributed by atoms with Crippen LogP contribution in [0, 0.1) is 0 Å². The van der Waals surface area contributed by atoms with E-state index in [1.54, 1.807) is 0 Å². The third-order valence-electron chi connectivity index (χ3n) is 1.53. The molecule has 17 heavy (non-hydrogen) atoms. The molecule has 0 bridgehead atoms. The highest BCUT2D eigenvalue weighted by molar-refractivity contribution is 6.84. The lowest BCUT2D eigenvalue weighted by atomic mass is 11.5. The molecule has 0 heterocycles. The van der Waals surface area contributed by atoms with Crippen LogP contribution in [0.3, 0.4) is 0 Å². The van der Waals surface area contributed by atoms with Gasteiger partial charge in [0.1, 0.15) is 0 Å². The van der Waals surface area contributed by atoms with Crippen molar-refractivity contribution in [3.05, 3.63) is 0 Å². The van der Waals surface area contributed by atoms with Crippen LogP contribution in [0.1, 0.15) is 0 Å². The van der Waals surface area contributed by atoms with Gasteiger partial charge >= 0.3 is 20.2 Å². The van der Waals surface area contributed by atoms with Crippen molar-refractivity contribution in [2.75, 3.05) is 0 Å². The topological polar surface area (TPSA) is 18.5 Å². The van der Waals surface area contributed by atoms with Gasteiger partial charge in [-0.2, -0.15) is 26.3 Å². The van der Waals surface area contributed by atoms with Gasteiger partial charge in [-0.25, -0.2) is 0 Å². The first-order valence-corrected chi connectivity index (χ1v) is 11.6. The molecule has 0 fully saturated rings. The van der Waals surface area contributed by atoms with Gasteiger partial charge in [-0.15, -0.1) is 0 Å². The monoisotopic (exact) mass is 316 g/mol. The molecule has 0 aliphatic rings. The maximum absolute atomic E-state index is 12.7. The summed E-state index contributed by atoms with van der Waals surface area (Å²) in [5.41, 5.74) is 0. The van der Waals surface area contributed by atoms with E-state index in [1.165, 1.54) is 19.6 Å². The van der Waals surface area contributed by atoms with Crippen LogP contribution in [0.2, 0.25) is 26.2 Å². The van der Waals surface area contributed by atoms with Crippen molar-refractivity contribution >= 4 is 26.6 Å². The molecule has 0 aromatic rings. The van der Waals surface area contributed by atoms with Gasteiger partial charge in [0.2, 0.25) is 0 Å². The normalized spacial score (nSPS) is 18.7. The Morgan fingerprint density at radius 3 is 1.53 bits per heavy atom. The van der Waals surface area contributed by atoms with Gasteiger partial charge in [0.05, 0.1) is 0 Å². The van der Waals surface area contributed by atoms with Gasteiger partial charge in [-0.05, 0) is 26.2 Å². The molecular weight excluding hydrogens is 302 g/mol. The molecule has 0 aromatic carbocycles. The highest BCUT2D eigenvalue weighted by atomic mass is 28.5. The zero-order valence-corrected chi connectivity index (χ0v) is 13.2. The number of halogens is 6. The fourth-order valence-corrected chi connectivity index (χ4v) is 9.29. The first-order chi connectivity index (χ1) is 7.16. The Balaban J connectivity index is 4.88. The molecule has 0 radical (unpaired) electrons. The zero-order valence-electron chi connectivity index (χ0n) is 9.79. The average molecular weight is 316 g/mol. The summed E-state index contributed by atoms with van der Waals surface area (Å²) >= 11 is 0. The standard InChI is InChI=1S/C6H14F6O2Si3/c1-16(2,3)14-17(4,6(10,11)12)13-15-5(7,8)9/h15H2,1-4H3. The van der Waals surface area contributed by atoms with E-state index in [9.17, 15) is 26.3 Å². The molecule has 0 amide bonds. The van der Waals surface area contributed by atoms with Gasteiger partial charge in [-0.1, -0.05) is 0 Å². The van der Waals surface area contributed by atoms with Crippen LogP contribution in [0.4, 0.5) is 26.3 Å². The first kappa shape index (κ1) is 17.2. The van der Waals surface area contributed by atoms with E-state index in [2.05, 4.69) is 4.12 Å². The highest BCUT2D eigenvalue weighted by Crippen LogP contribution is 2.33. The molecule has 104 valence electrons. The summed E-state index contributed by atoms with van der Waals surface area (Å²) in [7, 11) is -10.7. The fourth-order valence-electron chi connectivity index (χ4n) is 0.973. The number of hydrogen-bond donors (Lipinski definition) is 0. The predicted octanol–water partition coefficient (Wildman–Crippen LogP) is 2.63. The fraction of sp³-hybridized carbons (Fsp3) is 1.00. The van der Waals surface area contributed by atoms with Crippen molar-refractivity contribution in [1.29, 1.82) is 0 Å². The summed E-state index contributed by atoms with van der Waals surface area (Å²) < 4.78 is 83.0. The van der Waals surface area contributed by atoms with Crippen LogP contribution in [0.25, 0.3) is 0 Å². The Kier molecular flexibility index (Phi) is 5.07. The summed E-state index contributed by atoms with van der Waals surface area (Å²) in [6.45, 7) is 5.05. The van der Waals surface area contributed by atoms with Gasteiger partial charge in [-0.3, -0.25) is 0 Å². The highest BCUT2D eigenvalue weighted by Gasteiger charge is 2.61. The summed E-state index contributed by atoms with van der Waals surface area (Å²) in [5.74, 6) is -9.52. The Labute approximate surface area is 99.6 Å². The molecule has 2 nitrogen and oxygen atoms in total. The van der Waals surface area contributed by atoms with Crippen molar-refractivity contribution < 1.29 is 34.6 Å². The lowest BCUT2D eigenvalue weighted by Crippen LogP contribution is -2.59. The molecule has 0 aromatic heterocycles. The summed E-state index contributed by atoms with van der Waals surface area (Å²) in [6.07, 6.45) is 0. The zero-order chi connectivity index (χ0) is 14.1. The minimum Gasteiger partial charge on any atom is -0.431 e. The molecule has 0 aliphatic carbocycles. The van der Waals surface area contributed by atoms with Crippen LogP contribution < -0.4 is 0 Å². The van der Waals surface area contributed by atoms with E-state index in [-0.39, 0.29) is 0 Å². The molecule has 0 N–H and O–H groups in total. The number of rotatable bonds is 4. The van der Waals surface area contributed by atoms with Gasteiger partial charge in [0, 0.05) is 0 Å². The van der Waals surface area contributed by atoms with Gasteiger partial charge in [0.15, 0.2) is 8.32 Å². The third kappa shape index (κ3) is 6.59. The largest absolute Gasteiger partial charge is 0.434 e. The van der Waals surface area contributed by atoms with E-state index >= 15 is 0 Å². The lowest BCUT2D eigenvalue weighted by molar-refractivity contribution is -0.0873.